The number of rotatable bonds is 3. The average Bonchev–Trinajstić information content (AvgIpc) is 3.07. The van der Waals surface area contributed by atoms with E-state index >= 15 is 0 Å². The first-order valence-electron chi connectivity index (χ1n) is 8.16. The van der Waals surface area contributed by atoms with Crippen molar-refractivity contribution in [2.45, 2.75) is 43.8 Å². The first-order valence-corrected chi connectivity index (χ1v) is 8.16. The van der Waals surface area contributed by atoms with Crippen molar-refractivity contribution in [3.05, 3.63) is 35.6 Å². The summed E-state index contributed by atoms with van der Waals surface area (Å²) in [6.07, 6.45) is -2.79. The molecule has 26 heavy (non-hydrogen) atoms. The first kappa shape index (κ1) is 20.6. The fraction of sp³-hybridized carbons (Fsp3) is 0.588. The van der Waals surface area contributed by atoms with Gasteiger partial charge in [0.05, 0.1) is 12.2 Å². The highest BCUT2D eigenvalue weighted by molar-refractivity contribution is 5.73. The predicted molar refractivity (Wildman–Crippen MR) is 84.1 cm³/mol. The van der Waals surface area contributed by atoms with Crippen LogP contribution in [0.25, 0.3) is 0 Å². The number of nitrogens with zero attached hydrogens (tertiary/aromatic N) is 1. The molecule has 3 atom stereocenters. The van der Waals surface area contributed by atoms with Gasteiger partial charge in [0.15, 0.2) is 0 Å². The number of hydrogen-bond acceptors (Lipinski definition) is 4. The lowest BCUT2D eigenvalue weighted by Crippen LogP contribution is -2.52. The summed E-state index contributed by atoms with van der Waals surface area (Å²) in [5, 5.41) is 7.12. The summed E-state index contributed by atoms with van der Waals surface area (Å²) in [6, 6.07) is 7.38. The number of benzene rings is 1. The van der Waals surface area contributed by atoms with Crippen molar-refractivity contribution in [1.82, 2.24) is 4.90 Å². The molecule has 0 amide bonds. The van der Waals surface area contributed by atoms with Crippen LogP contribution in [0.5, 0.6) is 0 Å². The molecule has 0 radical (unpaired) electrons. The van der Waals surface area contributed by atoms with Crippen LogP contribution in [0.4, 0.5) is 17.6 Å². The Kier molecular flexibility index (Phi) is 6.96. The number of fused-ring (bicyclic) bond motifs is 1. The van der Waals surface area contributed by atoms with E-state index in [0.29, 0.717) is 12.6 Å². The Balaban J connectivity index is 0.000000298. The van der Waals surface area contributed by atoms with Crippen LogP contribution >= 0.6 is 0 Å². The molecule has 2 fully saturated rings. The molecule has 5 nitrogen and oxygen atoms in total. The summed E-state index contributed by atoms with van der Waals surface area (Å²) in [7, 11) is 1.75. The van der Waals surface area contributed by atoms with Gasteiger partial charge in [-0.25, -0.2) is 9.18 Å². The number of aliphatic carboxylic acids is 1. The Morgan fingerprint density at radius 2 is 2.00 bits per heavy atom. The van der Waals surface area contributed by atoms with E-state index in [1.807, 2.05) is 12.1 Å². The molecule has 0 aromatic heterocycles. The third kappa shape index (κ3) is 5.15. The summed E-state index contributed by atoms with van der Waals surface area (Å²) in [4.78, 5) is 11.2. The Bertz CT molecular complexity index is 611. The topological polar surface area (TPSA) is 59.0 Å². The number of ether oxygens (including phenoxy) is 2. The quantitative estimate of drug-likeness (QED) is 0.819. The van der Waals surface area contributed by atoms with Crippen molar-refractivity contribution in [2.75, 3.05) is 20.3 Å². The van der Waals surface area contributed by atoms with E-state index in [1.165, 1.54) is 6.07 Å². The van der Waals surface area contributed by atoms with Crippen LogP contribution < -0.4 is 0 Å². The molecule has 3 rings (SSSR count). The Morgan fingerprint density at radius 1 is 1.35 bits per heavy atom. The highest BCUT2D eigenvalue weighted by atomic mass is 19.4. The predicted octanol–water partition coefficient (Wildman–Crippen LogP) is 2.84. The summed E-state index contributed by atoms with van der Waals surface area (Å²) >= 11 is 0. The lowest BCUT2D eigenvalue weighted by molar-refractivity contribution is -0.192. The second kappa shape index (κ2) is 8.79. The fourth-order valence-electron chi connectivity index (χ4n) is 3.26. The van der Waals surface area contributed by atoms with Gasteiger partial charge in [-0.1, -0.05) is 18.2 Å². The minimum absolute atomic E-state index is 0.119. The van der Waals surface area contributed by atoms with E-state index in [4.69, 9.17) is 19.4 Å². The number of carboxylic acids is 1. The van der Waals surface area contributed by atoms with E-state index < -0.39 is 12.1 Å². The fourth-order valence-corrected chi connectivity index (χ4v) is 3.26. The number of piperidine rings is 1. The van der Waals surface area contributed by atoms with Crippen LogP contribution in [0, 0.1) is 5.82 Å². The molecule has 0 bridgehead atoms. The molecule has 9 heteroatoms. The molecule has 2 saturated heterocycles. The van der Waals surface area contributed by atoms with E-state index in [0.717, 1.165) is 31.6 Å². The number of alkyl halides is 3. The van der Waals surface area contributed by atoms with Gasteiger partial charge in [-0.05, 0) is 18.9 Å². The standard InChI is InChI=1S/C15H20FNO2.C2HF3O2/c1-18-14-6-8-17(13-7-9-19-15(13)14)10-11-4-2-3-5-12(11)16;3-2(4,5)1(6)7/h2-5,13-15H,6-10H2,1H3;(H,6,7)/t13-,14+,15-;/m0./s1. The number of carbonyl (C=O) groups is 1. The van der Waals surface area contributed by atoms with Crippen molar-refractivity contribution in [1.29, 1.82) is 0 Å². The van der Waals surface area contributed by atoms with E-state index in [9.17, 15) is 17.6 Å². The van der Waals surface area contributed by atoms with Crippen LogP contribution in [0.3, 0.4) is 0 Å². The zero-order valence-electron chi connectivity index (χ0n) is 14.2. The van der Waals surface area contributed by atoms with Crippen LogP contribution in [0.2, 0.25) is 0 Å². The molecule has 0 spiro atoms. The third-order valence-electron chi connectivity index (χ3n) is 4.52. The van der Waals surface area contributed by atoms with Gasteiger partial charge in [-0.2, -0.15) is 13.2 Å². The molecule has 1 aromatic rings. The maximum atomic E-state index is 13.7. The third-order valence-corrected chi connectivity index (χ3v) is 4.52. The van der Waals surface area contributed by atoms with Crippen LogP contribution in [-0.4, -0.2) is 60.7 Å². The van der Waals surface area contributed by atoms with Gasteiger partial charge in [0.25, 0.3) is 0 Å². The smallest absolute Gasteiger partial charge is 0.475 e. The maximum Gasteiger partial charge on any atom is 0.490 e. The molecular formula is C17H21F4NO4. The Morgan fingerprint density at radius 3 is 2.58 bits per heavy atom. The summed E-state index contributed by atoms with van der Waals surface area (Å²) < 4.78 is 56.8. The van der Waals surface area contributed by atoms with E-state index in [-0.39, 0.29) is 18.0 Å². The van der Waals surface area contributed by atoms with Gasteiger partial charge >= 0.3 is 12.1 Å². The van der Waals surface area contributed by atoms with Crippen molar-refractivity contribution in [3.8, 4) is 0 Å². The number of halogens is 4. The highest BCUT2D eigenvalue weighted by Gasteiger charge is 2.42. The van der Waals surface area contributed by atoms with Gasteiger partial charge in [0, 0.05) is 38.4 Å². The molecule has 0 saturated carbocycles. The van der Waals surface area contributed by atoms with Crippen LogP contribution in [-0.2, 0) is 20.8 Å². The molecule has 2 heterocycles. The van der Waals surface area contributed by atoms with Crippen molar-refractivity contribution >= 4 is 5.97 Å². The number of likely N-dealkylation sites (tertiary alicyclic amines) is 1. The number of hydrogen-bond donors (Lipinski definition) is 1. The molecular weight excluding hydrogens is 358 g/mol. The molecule has 146 valence electrons. The zero-order valence-corrected chi connectivity index (χ0v) is 14.2. The average molecular weight is 379 g/mol. The second-order valence-electron chi connectivity index (χ2n) is 6.12. The lowest BCUT2D eigenvalue weighted by atomic mass is 9.95. The first-order chi connectivity index (χ1) is 12.2. The minimum Gasteiger partial charge on any atom is -0.475 e. The minimum atomic E-state index is -5.08. The van der Waals surface area contributed by atoms with Crippen LogP contribution in [0.15, 0.2) is 24.3 Å². The van der Waals surface area contributed by atoms with Gasteiger partial charge in [-0.15, -0.1) is 0 Å². The molecule has 2 aliphatic heterocycles. The Hall–Kier alpha value is -1.71. The molecule has 0 unspecified atom stereocenters. The normalized spacial score (nSPS) is 26.0. The maximum absolute atomic E-state index is 13.7. The van der Waals surface area contributed by atoms with Crippen molar-refractivity contribution in [2.24, 2.45) is 0 Å². The molecule has 1 aromatic carbocycles. The zero-order chi connectivity index (χ0) is 19.3. The monoisotopic (exact) mass is 379 g/mol. The van der Waals surface area contributed by atoms with E-state index in [1.54, 1.807) is 13.2 Å². The molecule has 0 aliphatic carbocycles. The number of carboxylic acid groups (broad SMARTS) is 1. The summed E-state index contributed by atoms with van der Waals surface area (Å²) in [5.41, 5.74) is 0.768. The van der Waals surface area contributed by atoms with Gasteiger partial charge in [0.1, 0.15) is 5.82 Å². The Labute approximate surface area is 148 Å². The lowest BCUT2D eigenvalue weighted by Gasteiger charge is -2.40. The molecule has 2 aliphatic rings. The second-order valence-corrected chi connectivity index (χ2v) is 6.12. The summed E-state index contributed by atoms with van der Waals surface area (Å²) in [6.45, 7) is 2.38. The van der Waals surface area contributed by atoms with Crippen molar-refractivity contribution in [3.63, 3.8) is 0 Å². The van der Waals surface area contributed by atoms with E-state index in [2.05, 4.69) is 4.90 Å². The highest BCUT2D eigenvalue weighted by Crippen LogP contribution is 2.31. The largest absolute Gasteiger partial charge is 0.490 e. The summed E-state index contributed by atoms with van der Waals surface area (Å²) in [5.74, 6) is -2.88. The number of methoxy groups -OCH3 is 1. The van der Waals surface area contributed by atoms with Gasteiger partial charge in [0.2, 0.25) is 0 Å². The van der Waals surface area contributed by atoms with Gasteiger partial charge < -0.3 is 14.6 Å². The van der Waals surface area contributed by atoms with Crippen LogP contribution in [0.1, 0.15) is 18.4 Å². The van der Waals surface area contributed by atoms with Crippen molar-refractivity contribution < 1.29 is 36.9 Å². The molecule has 1 N–H and O–H groups in total. The SMILES string of the molecule is CO[C@@H]1CCN(Cc2ccccc2F)[C@H]2CCO[C@H]12.O=C(O)C(F)(F)F. The van der Waals surface area contributed by atoms with Gasteiger partial charge in [-0.3, -0.25) is 4.90 Å².